The van der Waals surface area contributed by atoms with Gasteiger partial charge in [-0.15, -0.1) is 0 Å². The smallest absolute Gasteiger partial charge is 0.283 e. The largest absolute Gasteiger partial charge is 0.345 e. The molecule has 4 rings (SSSR count). The molecule has 1 aliphatic heterocycles. The van der Waals surface area contributed by atoms with Gasteiger partial charge in [0.1, 0.15) is 11.5 Å². The average Bonchev–Trinajstić information content (AvgIpc) is 3.51. The second-order valence-electron chi connectivity index (χ2n) is 7.46. The van der Waals surface area contributed by atoms with Gasteiger partial charge in [-0.3, -0.25) is 14.5 Å². The van der Waals surface area contributed by atoms with Crippen LogP contribution in [0.5, 0.6) is 0 Å². The quantitative estimate of drug-likeness (QED) is 0.656. The molecule has 1 aliphatic carbocycles. The van der Waals surface area contributed by atoms with E-state index in [1.807, 2.05) is 30.3 Å². The summed E-state index contributed by atoms with van der Waals surface area (Å²) >= 11 is 1.22. The highest BCUT2D eigenvalue weighted by Gasteiger charge is 2.33. The van der Waals surface area contributed by atoms with E-state index in [-0.39, 0.29) is 29.1 Å². The number of halogens is 1. The Morgan fingerprint density at radius 1 is 1.20 bits per heavy atom. The summed E-state index contributed by atoms with van der Waals surface area (Å²) in [4.78, 5) is 33.2. The maximum atomic E-state index is 13.4. The first-order chi connectivity index (χ1) is 14.5. The summed E-state index contributed by atoms with van der Waals surface area (Å²) in [6.45, 7) is 0.769. The van der Waals surface area contributed by atoms with Gasteiger partial charge < -0.3 is 4.90 Å². The zero-order valence-corrected chi connectivity index (χ0v) is 17.4. The number of amides is 2. The molecule has 0 bridgehead atoms. The Kier molecular flexibility index (Phi) is 5.99. The van der Waals surface area contributed by atoms with Gasteiger partial charge in [0.05, 0.1) is 11.4 Å². The second-order valence-corrected chi connectivity index (χ2v) is 8.40. The van der Waals surface area contributed by atoms with E-state index < -0.39 is 0 Å². The van der Waals surface area contributed by atoms with Crippen molar-refractivity contribution < 1.29 is 14.0 Å². The third-order valence-electron chi connectivity index (χ3n) is 5.00. The molecule has 0 aromatic heterocycles. The molecule has 154 valence electrons. The summed E-state index contributed by atoms with van der Waals surface area (Å²) in [6.07, 6.45) is 4.07. The zero-order valence-electron chi connectivity index (χ0n) is 16.6. The summed E-state index contributed by atoms with van der Waals surface area (Å²) in [5.74, 6) is 0.123. The van der Waals surface area contributed by atoms with E-state index in [1.54, 1.807) is 18.0 Å². The van der Waals surface area contributed by atoms with Crippen LogP contribution in [-0.4, -0.2) is 41.2 Å². The van der Waals surface area contributed by atoms with Crippen molar-refractivity contribution in [3.63, 3.8) is 0 Å². The minimum absolute atomic E-state index is 0.00148. The van der Waals surface area contributed by atoms with Gasteiger partial charge in [-0.1, -0.05) is 42.1 Å². The highest BCUT2D eigenvalue weighted by Crippen LogP contribution is 2.31. The minimum atomic E-state index is -0.381. The monoisotopic (exact) mass is 423 g/mol. The third-order valence-corrected chi connectivity index (χ3v) is 5.92. The van der Waals surface area contributed by atoms with E-state index in [0.29, 0.717) is 16.8 Å². The summed E-state index contributed by atoms with van der Waals surface area (Å²) in [7, 11) is 1.81. The average molecular weight is 424 g/mol. The lowest BCUT2D eigenvalue weighted by Gasteiger charge is -2.19. The Morgan fingerprint density at radius 3 is 2.57 bits per heavy atom. The predicted octanol–water partition coefficient (Wildman–Crippen LogP) is 4.17. The fraction of sp³-hybridized carbons (Fsp3) is 0.261. The molecule has 2 aromatic carbocycles. The van der Waals surface area contributed by atoms with Crippen molar-refractivity contribution in [2.45, 2.75) is 12.8 Å². The van der Waals surface area contributed by atoms with Crippen molar-refractivity contribution in [3.8, 4) is 0 Å². The first-order valence-corrected chi connectivity index (χ1v) is 10.8. The van der Waals surface area contributed by atoms with E-state index in [1.165, 1.54) is 53.8 Å². The van der Waals surface area contributed by atoms with Crippen LogP contribution in [0.3, 0.4) is 0 Å². The fourth-order valence-corrected chi connectivity index (χ4v) is 4.10. The van der Waals surface area contributed by atoms with E-state index in [9.17, 15) is 14.0 Å². The van der Waals surface area contributed by atoms with Crippen LogP contribution in [0.25, 0.3) is 6.08 Å². The number of hydrogen-bond acceptors (Lipinski definition) is 4. The zero-order chi connectivity index (χ0) is 21.1. The van der Waals surface area contributed by atoms with Crippen molar-refractivity contribution in [2.24, 2.45) is 10.9 Å². The van der Waals surface area contributed by atoms with E-state index >= 15 is 0 Å². The lowest BCUT2D eigenvalue weighted by atomic mass is 10.2. The highest BCUT2D eigenvalue weighted by molar-refractivity contribution is 8.14. The normalized spacial score (nSPS) is 17.4. The number of hydrogen-bond donors (Lipinski definition) is 0. The number of nitrogens with zero attached hydrogens (tertiary/aromatic N) is 3. The van der Waals surface area contributed by atoms with Gasteiger partial charge in [-0.25, -0.2) is 9.38 Å². The van der Waals surface area contributed by atoms with Gasteiger partial charge >= 0.3 is 0 Å². The summed E-state index contributed by atoms with van der Waals surface area (Å²) in [5.41, 5.74) is 1.66. The molecule has 1 heterocycles. The fourth-order valence-electron chi connectivity index (χ4n) is 3.14. The molecule has 0 N–H and O–H groups in total. The van der Waals surface area contributed by atoms with Crippen molar-refractivity contribution in [3.05, 3.63) is 71.7 Å². The molecule has 2 amide bonds. The third kappa shape index (κ3) is 4.79. The van der Waals surface area contributed by atoms with Gasteiger partial charge in [-0.05, 0) is 54.7 Å². The van der Waals surface area contributed by atoms with Crippen molar-refractivity contribution in [1.82, 2.24) is 4.90 Å². The Morgan fingerprint density at radius 2 is 1.90 bits per heavy atom. The van der Waals surface area contributed by atoms with Gasteiger partial charge in [0.15, 0.2) is 5.17 Å². The van der Waals surface area contributed by atoms with Crippen LogP contribution >= 0.6 is 11.8 Å². The lowest BCUT2D eigenvalue weighted by Crippen LogP contribution is -2.33. The minimum Gasteiger partial charge on any atom is -0.345 e. The summed E-state index contributed by atoms with van der Waals surface area (Å²) in [5, 5.41) is 0.418. The van der Waals surface area contributed by atoms with Gasteiger partial charge in [0.2, 0.25) is 5.91 Å². The number of carbonyl (C=O) groups is 2. The Labute approximate surface area is 179 Å². The first kappa shape index (κ1) is 20.3. The maximum absolute atomic E-state index is 13.4. The number of anilines is 1. The molecule has 30 heavy (non-hydrogen) atoms. The number of amidine groups is 1. The molecule has 7 heteroatoms. The molecule has 0 saturated heterocycles. The van der Waals surface area contributed by atoms with Crippen molar-refractivity contribution in [2.75, 3.05) is 24.2 Å². The Balaban J connectivity index is 1.56. The maximum Gasteiger partial charge on any atom is 0.283 e. The molecule has 0 spiro atoms. The number of aliphatic imine (C=N–C) groups is 1. The van der Waals surface area contributed by atoms with E-state index in [4.69, 9.17) is 0 Å². The highest BCUT2D eigenvalue weighted by atomic mass is 32.2. The Bertz CT molecular complexity index is 1000. The van der Waals surface area contributed by atoms with Gasteiger partial charge in [0, 0.05) is 13.6 Å². The number of carbonyl (C=O) groups excluding carboxylic acids is 2. The standard InChI is InChI=1S/C23H22FN3O2S/c1-26(14-17-7-8-17)21(28)15-30-23-25-20(13-16-5-3-2-4-6-16)22(29)27(23)19-11-9-18(24)10-12-19/h2-6,9-13,17H,7-8,14-15H2,1H3/b20-13-. The molecule has 5 nitrogen and oxygen atoms in total. The molecule has 0 radical (unpaired) electrons. The van der Waals surface area contributed by atoms with Crippen LogP contribution in [0.2, 0.25) is 0 Å². The van der Waals surface area contributed by atoms with Gasteiger partial charge in [-0.2, -0.15) is 0 Å². The molecular formula is C23H22FN3O2S. The number of rotatable bonds is 6. The van der Waals surface area contributed by atoms with Crippen LogP contribution in [0.4, 0.5) is 10.1 Å². The van der Waals surface area contributed by atoms with Crippen LogP contribution in [0.1, 0.15) is 18.4 Å². The summed E-state index contributed by atoms with van der Waals surface area (Å²) in [6, 6.07) is 15.1. The van der Waals surface area contributed by atoms with E-state index in [2.05, 4.69) is 4.99 Å². The number of thioether (sulfide) groups is 1. The molecule has 2 aliphatic rings. The van der Waals surface area contributed by atoms with Crippen LogP contribution in [0.15, 0.2) is 65.3 Å². The van der Waals surface area contributed by atoms with Crippen molar-refractivity contribution in [1.29, 1.82) is 0 Å². The molecule has 1 fully saturated rings. The first-order valence-electron chi connectivity index (χ1n) is 9.83. The predicted molar refractivity (Wildman–Crippen MR) is 119 cm³/mol. The van der Waals surface area contributed by atoms with E-state index in [0.717, 1.165) is 12.1 Å². The summed E-state index contributed by atoms with van der Waals surface area (Å²) < 4.78 is 13.4. The molecule has 0 atom stereocenters. The second kappa shape index (κ2) is 8.83. The van der Waals surface area contributed by atoms with Gasteiger partial charge in [0.25, 0.3) is 5.91 Å². The van der Waals surface area contributed by atoms with Crippen LogP contribution in [-0.2, 0) is 9.59 Å². The Hall–Kier alpha value is -2.93. The lowest BCUT2D eigenvalue weighted by molar-refractivity contribution is -0.127. The molecule has 1 saturated carbocycles. The SMILES string of the molecule is CN(CC1CC1)C(=O)CSC1=N/C(=C\c2ccccc2)C(=O)N1c1ccc(F)cc1. The molecular weight excluding hydrogens is 401 g/mol. The van der Waals surface area contributed by atoms with Crippen molar-refractivity contribution >= 4 is 40.5 Å². The van der Waals surface area contributed by atoms with Crippen LogP contribution in [0, 0.1) is 11.7 Å². The topological polar surface area (TPSA) is 53.0 Å². The van der Waals surface area contributed by atoms with Crippen LogP contribution < -0.4 is 4.90 Å². The molecule has 0 unspecified atom stereocenters. The molecule has 2 aromatic rings. The number of benzene rings is 2.